The van der Waals surface area contributed by atoms with Crippen molar-refractivity contribution in [1.29, 1.82) is 0 Å². The molecule has 1 unspecified atom stereocenters. The molecule has 17 heavy (non-hydrogen) atoms. The minimum absolute atomic E-state index is 0.00277. The maximum Gasteiger partial charge on any atom is 0.248 e. The van der Waals surface area contributed by atoms with E-state index in [1.54, 1.807) is 11.8 Å². The molecule has 1 heterocycles. The number of rotatable bonds is 4. The van der Waals surface area contributed by atoms with E-state index in [1.165, 1.54) is 7.11 Å². The Hall–Kier alpha value is -0.810. The van der Waals surface area contributed by atoms with Crippen molar-refractivity contribution in [3.8, 4) is 0 Å². The maximum absolute atomic E-state index is 11.5. The predicted molar refractivity (Wildman–Crippen MR) is 64.9 cm³/mol. The van der Waals surface area contributed by atoms with Crippen molar-refractivity contribution in [2.45, 2.75) is 31.2 Å². The Morgan fingerprint density at radius 3 is 2.53 bits per heavy atom. The van der Waals surface area contributed by atoms with E-state index in [1.807, 2.05) is 0 Å². The fraction of sp³-hybridized carbons (Fsp3) is 0.818. The molecule has 5 nitrogen and oxygen atoms in total. The minimum atomic E-state index is -0.511. The molecule has 1 aliphatic heterocycles. The standard InChI is InChI=1S/C11H19ClN2O3/c1-8(12)11(16)13-9-3-5-14(6-4-9)10(15)7-17-2/h8-9H,3-7H2,1-2H3,(H,13,16). The number of hydrogen-bond acceptors (Lipinski definition) is 3. The van der Waals surface area contributed by atoms with Gasteiger partial charge in [0.2, 0.25) is 11.8 Å². The smallest absolute Gasteiger partial charge is 0.248 e. The van der Waals surface area contributed by atoms with Crippen LogP contribution in [0.4, 0.5) is 0 Å². The van der Waals surface area contributed by atoms with Crippen LogP contribution in [0.25, 0.3) is 0 Å². The SMILES string of the molecule is COCC(=O)N1CCC(NC(=O)C(C)Cl)CC1. The molecule has 0 aromatic heterocycles. The summed E-state index contributed by atoms with van der Waals surface area (Å²) in [7, 11) is 1.51. The normalized spacial score (nSPS) is 18.9. The van der Waals surface area contributed by atoms with Crippen LogP contribution in [0.3, 0.4) is 0 Å². The molecule has 0 aliphatic carbocycles. The predicted octanol–water partition coefficient (Wildman–Crippen LogP) is 0.367. The summed E-state index contributed by atoms with van der Waals surface area (Å²) in [5.74, 6) is -0.142. The van der Waals surface area contributed by atoms with Crippen LogP contribution < -0.4 is 5.32 Å². The average molecular weight is 263 g/mol. The molecule has 1 fully saturated rings. The molecular formula is C11H19ClN2O3. The zero-order valence-corrected chi connectivity index (χ0v) is 11.0. The number of ether oxygens (including phenoxy) is 1. The van der Waals surface area contributed by atoms with Crippen molar-refractivity contribution >= 4 is 23.4 Å². The third-order valence-corrected chi connectivity index (χ3v) is 3.02. The number of amides is 2. The fourth-order valence-corrected chi connectivity index (χ4v) is 1.87. The Bertz CT molecular complexity index is 276. The molecule has 0 radical (unpaired) electrons. The molecule has 0 spiro atoms. The summed E-state index contributed by atoms with van der Waals surface area (Å²) in [5.41, 5.74) is 0. The zero-order valence-electron chi connectivity index (χ0n) is 10.2. The largest absolute Gasteiger partial charge is 0.375 e. The highest BCUT2D eigenvalue weighted by molar-refractivity contribution is 6.30. The van der Waals surface area contributed by atoms with Gasteiger partial charge in [-0.05, 0) is 19.8 Å². The molecule has 0 saturated carbocycles. The lowest BCUT2D eigenvalue weighted by Gasteiger charge is -2.32. The van der Waals surface area contributed by atoms with Gasteiger partial charge in [0.05, 0.1) is 0 Å². The molecule has 1 N–H and O–H groups in total. The van der Waals surface area contributed by atoms with E-state index in [0.717, 1.165) is 12.8 Å². The molecule has 1 rings (SSSR count). The second-order valence-electron chi connectivity index (χ2n) is 4.21. The Kier molecular flexibility index (Phi) is 5.71. The van der Waals surface area contributed by atoms with E-state index in [-0.39, 0.29) is 24.5 Å². The number of methoxy groups -OCH3 is 1. The van der Waals surface area contributed by atoms with E-state index >= 15 is 0 Å². The summed E-state index contributed by atoms with van der Waals surface area (Å²) in [4.78, 5) is 24.7. The first-order valence-electron chi connectivity index (χ1n) is 5.75. The Balaban J connectivity index is 2.31. The first-order valence-corrected chi connectivity index (χ1v) is 6.19. The van der Waals surface area contributed by atoms with Crippen LogP contribution in [0.2, 0.25) is 0 Å². The lowest BCUT2D eigenvalue weighted by Crippen LogP contribution is -2.48. The molecule has 2 amide bonds. The number of hydrogen-bond donors (Lipinski definition) is 1. The molecule has 1 atom stereocenters. The third kappa shape index (κ3) is 4.52. The van der Waals surface area contributed by atoms with Gasteiger partial charge in [0, 0.05) is 26.2 Å². The van der Waals surface area contributed by atoms with Crippen LogP contribution in [0.5, 0.6) is 0 Å². The monoisotopic (exact) mass is 262 g/mol. The molecule has 1 saturated heterocycles. The summed E-state index contributed by atoms with van der Waals surface area (Å²) in [5, 5.41) is 2.36. The number of likely N-dealkylation sites (tertiary alicyclic amines) is 1. The van der Waals surface area contributed by atoms with E-state index < -0.39 is 5.38 Å². The van der Waals surface area contributed by atoms with Crippen molar-refractivity contribution < 1.29 is 14.3 Å². The van der Waals surface area contributed by atoms with E-state index in [0.29, 0.717) is 13.1 Å². The first-order chi connectivity index (χ1) is 8.04. The Morgan fingerprint density at radius 2 is 2.06 bits per heavy atom. The van der Waals surface area contributed by atoms with Gasteiger partial charge in [-0.1, -0.05) is 0 Å². The van der Waals surface area contributed by atoms with E-state index in [9.17, 15) is 9.59 Å². The number of piperidine rings is 1. The molecule has 98 valence electrons. The topological polar surface area (TPSA) is 58.6 Å². The summed E-state index contributed by atoms with van der Waals surface area (Å²) in [6, 6.07) is 0.121. The van der Waals surface area contributed by atoms with Gasteiger partial charge < -0.3 is 15.0 Å². The Labute approximate surface area is 106 Å². The summed E-state index contributed by atoms with van der Waals surface area (Å²) in [6.45, 7) is 3.08. The van der Waals surface area contributed by atoms with Crippen molar-refractivity contribution in [2.24, 2.45) is 0 Å². The number of alkyl halides is 1. The van der Waals surface area contributed by atoms with Gasteiger partial charge in [0.15, 0.2) is 0 Å². The highest BCUT2D eigenvalue weighted by atomic mass is 35.5. The van der Waals surface area contributed by atoms with Gasteiger partial charge in [-0.2, -0.15) is 0 Å². The van der Waals surface area contributed by atoms with Gasteiger partial charge >= 0.3 is 0 Å². The van der Waals surface area contributed by atoms with Crippen molar-refractivity contribution in [3.63, 3.8) is 0 Å². The third-order valence-electron chi connectivity index (χ3n) is 2.82. The van der Waals surface area contributed by atoms with Crippen LogP contribution in [0.15, 0.2) is 0 Å². The number of halogens is 1. The summed E-state index contributed by atoms with van der Waals surface area (Å²) < 4.78 is 4.80. The van der Waals surface area contributed by atoms with Crippen molar-refractivity contribution in [1.82, 2.24) is 10.2 Å². The van der Waals surface area contributed by atoms with Gasteiger partial charge in [-0.25, -0.2) is 0 Å². The quantitative estimate of drug-likeness (QED) is 0.745. The van der Waals surface area contributed by atoms with Gasteiger partial charge in [-0.15, -0.1) is 11.6 Å². The van der Waals surface area contributed by atoms with E-state index in [4.69, 9.17) is 16.3 Å². The lowest BCUT2D eigenvalue weighted by atomic mass is 10.0. The fourth-order valence-electron chi connectivity index (χ4n) is 1.80. The highest BCUT2D eigenvalue weighted by Gasteiger charge is 2.24. The van der Waals surface area contributed by atoms with Crippen molar-refractivity contribution in [3.05, 3.63) is 0 Å². The second-order valence-corrected chi connectivity index (χ2v) is 4.87. The summed E-state index contributed by atoms with van der Waals surface area (Å²) in [6.07, 6.45) is 1.54. The van der Waals surface area contributed by atoms with Gasteiger partial charge in [0.25, 0.3) is 0 Å². The minimum Gasteiger partial charge on any atom is -0.375 e. The van der Waals surface area contributed by atoms with Crippen molar-refractivity contribution in [2.75, 3.05) is 26.8 Å². The Morgan fingerprint density at radius 1 is 1.47 bits per heavy atom. The number of carbonyl (C=O) groups excluding carboxylic acids is 2. The zero-order chi connectivity index (χ0) is 12.8. The first kappa shape index (κ1) is 14.3. The molecule has 0 aromatic carbocycles. The van der Waals surface area contributed by atoms with Gasteiger partial charge in [-0.3, -0.25) is 9.59 Å². The van der Waals surface area contributed by atoms with E-state index in [2.05, 4.69) is 5.32 Å². The molecule has 0 bridgehead atoms. The highest BCUT2D eigenvalue weighted by Crippen LogP contribution is 2.11. The summed E-state index contributed by atoms with van der Waals surface area (Å²) >= 11 is 5.67. The maximum atomic E-state index is 11.5. The van der Waals surface area contributed by atoms with Crippen LogP contribution in [-0.2, 0) is 14.3 Å². The van der Waals surface area contributed by atoms with Crippen LogP contribution >= 0.6 is 11.6 Å². The van der Waals surface area contributed by atoms with Crippen LogP contribution in [0, 0.1) is 0 Å². The number of nitrogens with zero attached hydrogens (tertiary/aromatic N) is 1. The molecule has 0 aromatic rings. The second kappa shape index (κ2) is 6.81. The molecule has 6 heteroatoms. The molecule has 1 aliphatic rings. The lowest BCUT2D eigenvalue weighted by molar-refractivity contribution is -0.136. The molecular weight excluding hydrogens is 244 g/mol. The number of nitrogens with one attached hydrogen (secondary N) is 1. The average Bonchev–Trinajstić information content (AvgIpc) is 2.30. The number of carbonyl (C=O) groups is 2. The van der Waals surface area contributed by atoms with Crippen LogP contribution in [-0.4, -0.2) is 54.9 Å². The van der Waals surface area contributed by atoms with Crippen LogP contribution in [0.1, 0.15) is 19.8 Å². The van der Waals surface area contributed by atoms with Gasteiger partial charge in [0.1, 0.15) is 12.0 Å².